The van der Waals surface area contributed by atoms with E-state index in [1.165, 1.54) is 24.3 Å². The number of rotatable bonds is 9. The Morgan fingerprint density at radius 2 is 1.60 bits per heavy atom. The normalized spacial score (nSPS) is 16.8. The Morgan fingerprint density at radius 3 is 2.17 bits per heavy atom. The van der Waals surface area contributed by atoms with Gasteiger partial charge < -0.3 is 19.9 Å². The second-order valence-electron chi connectivity index (χ2n) is 11.5. The standard InChI is InChI=1S/C27H45N3O5/c1-26(2,3)34-24(32)29-22(17-20-13-9-7-10-14-20)23(31)19-30(25(33)35-27(4,5)6)28-18-21-15-11-8-12-16-21/h7,9-10,13-14,21-23,28,31H,8,11-12,15-19H2,1-6H3,(H,29,32). The Hall–Kier alpha value is -2.32. The third kappa shape index (κ3) is 11.8. The van der Waals surface area contributed by atoms with Crippen LogP contribution in [0.4, 0.5) is 9.59 Å². The van der Waals surface area contributed by atoms with Gasteiger partial charge in [-0.1, -0.05) is 49.6 Å². The van der Waals surface area contributed by atoms with Crippen LogP contribution in [0.3, 0.4) is 0 Å². The first-order chi connectivity index (χ1) is 16.3. The van der Waals surface area contributed by atoms with Crippen LogP contribution in [0.5, 0.6) is 0 Å². The number of carbonyl (C=O) groups is 2. The smallest absolute Gasteiger partial charge is 0.424 e. The van der Waals surface area contributed by atoms with E-state index in [2.05, 4.69) is 10.7 Å². The number of benzene rings is 1. The Kier molecular flexibility index (Phi) is 10.8. The number of aliphatic hydroxyl groups is 1. The van der Waals surface area contributed by atoms with Gasteiger partial charge in [-0.3, -0.25) is 0 Å². The van der Waals surface area contributed by atoms with Crippen LogP contribution in [0.25, 0.3) is 0 Å². The van der Waals surface area contributed by atoms with Gasteiger partial charge in [-0.15, -0.1) is 0 Å². The molecule has 1 aromatic rings. The lowest BCUT2D eigenvalue weighted by atomic mass is 9.89. The van der Waals surface area contributed by atoms with E-state index < -0.39 is 35.5 Å². The van der Waals surface area contributed by atoms with Crippen molar-refractivity contribution >= 4 is 12.2 Å². The summed E-state index contributed by atoms with van der Waals surface area (Å²) in [5, 5.41) is 15.4. The van der Waals surface area contributed by atoms with Crippen molar-refractivity contribution in [3.05, 3.63) is 35.9 Å². The maximum absolute atomic E-state index is 13.0. The van der Waals surface area contributed by atoms with E-state index in [0.29, 0.717) is 18.9 Å². The van der Waals surface area contributed by atoms with Crippen LogP contribution < -0.4 is 10.7 Å². The molecule has 3 N–H and O–H groups in total. The number of amides is 2. The first-order valence-corrected chi connectivity index (χ1v) is 12.8. The molecule has 0 heterocycles. The third-order valence-electron chi connectivity index (χ3n) is 5.74. The van der Waals surface area contributed by atoms with Gasteiger partial charge in [-0.2, -0.15) is 0 Å². The molecule has 35 heavy (non-hydrogen) atoms. The fourth-order valence-corrected chi connectivity index (χ4v) is 4.08. The van der Waals surface area contributed by atoms with Gasteiger partial charge in [0.2, 0.25) is 0 Å². The quantitative estimate of drug-likeness (QED) is 0.429. The maximum atomic E-state index is 13.0. The fraction of sp³-hybridized carbons (Fsp3) is 0.704. The van der Waals surface area contributed by atoms with Gasteiger partial charge in [-0.05, 0) is 72.3 Å². The molecular formula is C27H45N3O5. The van der Waals surface area contributed by atoms with Gasteiger partial charge in [0.15, 0.2) is 0 Å². The number of carbonyl (C=O) groups excluding carboxylic acids is 2. The number of nitrogens with one attached hydrogen (secondary N) is 2. The van der Waals surface area contributed by atoms with E-state index in [9.17, 15) is 14.7 Å². The summed E-state index contributed by atoms with van der Waals surface area (Å²) in [5.74, 6) is 0.478. The lowest BCUT2D eigenvalue weighted by molar-refractivity contribution is -0.00676. The van der Waals surface area contributed by atoms with Crippen molar-refractivity contribution in [1.29, 1.82) is 0 Å². The molecule has 2 amide bonds. The van der Waals surface area contributed by atoms with Crippen LogP contribution in [0.2, 0.25) is 0 Å². The summed E-state index contributed by atoms with van der Waals surface area (Å²) in [4.78, 5) is 25.5. The molecule has 8 nitrogen and oxygen atoms in total. The van der Waals surface area contributed by atoms with Crippen molar-refractivity contribution in [1.82, 2.24) is 15.8 Å². The number of nitrogens with zero attached hydrogens (tertiary/aromatic N) is 1. The topological polar surface area (TPSA) is 100 Å². The van der Waals surface area contributed by atoms with Gasteiger partial charge in [-0.25, -0.2) is 20.0 Å². The molecule has 0 saturated heterocycles. The molecule has 0 aromatic heterocycles. The summed E-state index contributed by atoms with van der Waals surface area (Å²) in [6.45, 7) is 11.4. The molecule has 0 bridgehead atoms. The molecule has 1 aliphatic rings. The van der Waals surface area contributed by atoms with E-state index >= 15 is 0 Å². The molecule has 8 heteroatoms. The summed E-state index contributed by atoms with van der Waals surface area (Å²) in [5.41, 5.74) is 2.81. The molecule has 198 valence electrons. The number of alkyl carbamates (subject to hydrolysis) is 1. The average Bonchev–Trinajstić information content (AvgIpc) is 2.75. The Morgan fingerprint density at radius 1 is 1.00 bits per heavy atom. The predicted octanol–water partition coefficient (Wildman–Crippen LogP) is 4.81. The van der Waals surface area contributed by atoms with Crippen molar-refractivity contribution in [2.75, 3.05) is 13.1 Å². The van der Waals surface area contributed by atoms with Gasteiger partial charge in [0.1, 0.15) is 11.2 Å². The highest BCUT2D eigenvalue weighted by Gasteiger charge is 2.30. The first kappa shape index (κ1) is 28.9. The van der Waals surface area contributed by atoms with Crippen LogP contribution in [0.1, 0.15) is 79.2 Å². The van der Waals surface area contributed by atoms with Crippen LogP contribution in [0, 0.1) is 5.92 Å². The second kappa shape index (κ2) is 13.1. The summed E-state index contributed by atoms with van der Waals surface area (Å²) >= 11 is 0. The van der Waals surface area contributed by atoms with Crippen molar-refractivity contribution in [2.24, 2.45) is 5.92 Å². The third-order valence-corrected chi connectivity index (χ3v) is 5.74. The van der Waals surface area contributed by atoms with E-state index in [1.54, 1.807) is 20.8 Å². The first-order valence-electron chi connectivity index (χ1n) is 12.8. The fourth-order valence-electron chi connectivity index (χ4n) is 4.08. The number of hydrogen-bond donors (Lipinski definition) is 3. The molecule has 1 aromatic carbocycles. The molecular weight excluding hydrogens is 446 g/mol. The van der Waals surface area contributed by atoms with E-state index in [-0.39, 0.29) is 6.54 Å². The molecule has 1 aliphatic carbocycles. The minimum Gasteiger partial charge on any atom is -0.444 e. The minimum atomic E-state index is -1.06. The van der Waals surface area contributed by atoms with Crippen molar-refractivity contribution in [2.45, 2.75) is 103 Å². The Bertz CT molecular complexity index is 782. The summed E-state index contributed by atoms with van der Waals surface area (Å²) in [6.07, 6.45) is 4.03. The number of hydrogen-bond acceptors (Lipinski definition) is 6. The van der Waals surface area contributed by atoms with Gasteiger partial charge in [0.05, 0.1) is 18.7 Å². The van der Waals surface area contributed by atoms with E-state index in [4.69, 9.17) is 9.47 Å². The summed E-state index contributed by atoms with van der Waals surface area (Å²) in [7, 11) is 0. The number of aliphatic hydroxyl groups excluding tert-OH is 1. The highest BCUT2D eigenvalue weighted by molar-refractivity contribution is 5.69. The molecule has 0 aliphatic heterocycles. The average molecular weight is 492 g/mol. The second-order valence-corrected chi connectivity index (χ2v) is 11.5. The zero-order chi connectivity index (χ0) is 26.1. The highest BCUT2D eigenvalue weighted by Crippen LogP contribution is 2.23. The van der Waals surface area contributed by atoms with Gasteiger partial charge in [0.25, 0.3) is 0 Å². The molecule has 0 radical (unpaired) electrons. The lowest BCUT2D eigenvalue weighted by Crippen LogP contribution is -2.55. The summed E-state index contributed by atoms with van der Waals surface area (Å²) < 4.78 is 11.0. The van der Waals surface area contributed by atoms with Crippen LogP contribution in [-0.2, 0) is 15.9 Å². The SMILES string of the molecule is CC(C)(C)OC(=O)NC(Cc1ccccc1)C(O)CN(NCC1CCCCC1)C(=O)OC(C)(C)C. The minimum absolute atomic E-state index is 0.0467. The molecule has 1 saturated carbocycles. The molecule has 0 spiro atoms. The van der Waals surface area contributed by atoms with Gasteiger partial charge >= 0.3 is 12.2 Å². The van der Waals surface area contributed by atoms with E-state index in [1.807, 2.05) is 51.1 Å². The molecule has 1 fully saturated rings. The van der Waals surface area contributed by atoms with Crippen molar-refractivity contribution in [3.63, 3.8) is 0 Å². The van der Waals surface area contributed by atoms with Crippen LogP contribution >= 0.6 is 0 Å². The molecule has 2 unspecified atom stereocenters. The van der Waals surface area contributed by atoms with Crippen LogP contribution in [-0.4, -0.2) is 58.7 Å². The monoisotopic (exact) mass is 491 g/mol. The van der Waals surface area contributed by atoms with E-state index in [0.717, 1.165) is 18.4 Å². The van der Waals surface area contributed by atoms with Crippen molar-refractivity contribution in [3.8, 4) is 0 Å². The van der Waals surface area contributed by atoms with Crippen LogP contribution in [0.15, 0.2) is 30.3 Å². The van der Waals surface area contributed by atoms with Gasteiger partial charge in [0, 0.05) is 6.54 Å². The number of hydrazine groups is 1. The molecule has 2 atom stereocenters. The Labute approximate surface area is 210 Å². The zero-order valence-electron chi connectivity index (χ0n) is 22.3. The highest BCUT2D eigenvalue weighted by atomic mass is 16.6. The zero-order valence-corrected chi connectivity index (χ0v) is 22.3. The molecule has 2 rings (SSSR count). The largest absolute Gasteiger partial charge is 0.444 e. The maximum Gasteiger partial charge on any atom is 0.424 e. The Balaban J connectivity index is 2.14. The van der Waals surface area contributed by atoms with Crippen molar-refractivity contribution < 1.29 is 24.2 Å². The lowest BCUT2D eigenvalue weighted by Gasteiger charge is -2.33. The predicted molar refractivity (Wildman–Crippen MR) is 137 cm³/mol. The number of ether oxygens (including phenoxy) is 2. The summed E-state index contributed by atoms with van der Waals surface area (Å²) in [6, 6.07) is 8.92.